The van der Waals surface area contributed by atoms with Crippen molar-refractivity contribution in [2.24, 2.45) is 0 Å². The molecule has 0 aliphatic carbocycles. The predicted molar refractivity (Wildman–Crippen MR) is 180 cm³/mol. The number of anilines is 2. The number of piperazine rings is 1. The molecular weight excluding hydrogens is 642 g/mol. The highest BCUT2D eigenvalue weighted by Gasteiger charge is 2.62. The second kappa shape index (κ2) is 12.4. The van der Waals surface area contributed by atoms with Crippen molar-refractivity contribution in [1.29, 1.82) is 0 Å². The first-order valence-corrected chi connectivity index (χ1v) is 17.1. The van der Waals surface area contributed by atoms with Gasteiger partial charge in [0, 0.05) is 48.7 Å². The molecule has 5 heterocycles. The molecule has 2 aromatic carbocycles. The molecule has 3 fully saturated rings. The summed E-state index contributed by atoms with van der Waals surface area (Å²) in [6, 6.07) is 10.6. The van der Waals surface area contributed by atoms with Crippen molar-refractivity contribution in [1.82, 2.24) is 19.8 Å². The molecule has 3 aromatic rings. The number of likely N-dealkylation sites (tertiary alicyclic amines) is 1. The maximum Gasteiger partial charge on any atom is 0.411 e. The Morgan fingerprint density at radius 2 is 1.90 bits per heavy atom. The fourth-order valence-corrected chi connectivity index (χ4v) is 8.14. The first kappa shape index (κ1) is 33.0. The van der Waals surface area contributed by atoms with Crippen LogP contribution in [0.2, 0.25) is 5.02 Å². The molecule has 7 rings (SSSR count). The molecule has 1 N–H and O–H groups in total. The zero-order valence-electron chi connectivity index (χ0n) is 27.8. The lowest BCUT2D eigenvalue weighted by Gasteiger charge is -2.44. The summed E-state index contributed by atoms with van der Waals surface area (Å²) < 4.78 is 40.9. The number of halogens is 3. The lowest BCUT2D eigenvalue weighted by atomic mass is 9.94. The quantitative estimate of drug-likeness (QED) is 0.361. The average molecular weight is 685 g/mol. The van der Waals surface area contributed by atoms with Crippen LogP contribution >= 0.6 is 11.6 Å². The Morgan fingerprint density at radius 1 is 1.12 bits per heavy atom. The van der Waals surface area contributed by atoms with E-state index in [0.717, 1.165) is 47.1 Å². The molecule has 3 unspecified atom stereocenters. The Balaban J connectivity index is 1.24. The number of benzene rings is 2. The lowest BCUT2D eigenvalue weighted by molar-refractivity contribution is -0.111. The molecule has 3 saturated heterocycles. The van der Waals surface area contributed by atoms with E-state index in [1.54, 1.807) is 20.8 Å². The number of hydrogen-bond acceptors (Lipinski definition) is 9. The van der Waals surface area contributed by atoms with E-state index in [0.29, 0.717) is 37.0 Å². The van der Waals surface area contributed by atoms with Crippen LogP contribution in [-0.2, 0) is 17.7 Å². The Labute approximate surface area is 284 Å². The summed E-state index contributed by atoms with van der Waals surface area (Å²) in [5.41, 5.74) is -0.489. The molecule has 4 atom stereocenters. The Bertz CT molecular complexity index is 1700. The first-order chi connectivity index (χ1) is 22.8. The van der Waals surface area contributed by atoms with Gasteiger partial charge >= 0.3 is 12.1 Å². The molecular formula is C35H43ClF2N6O4. The number of likely N-dealkylation sites (N-methyl/N-ethyl adjacent to an activating group) is 1. The number of aliphatic hydroxyl groups is 1. The molecule has 2 bridgehead atoms. The number of nitrogens with zero attached hydrogens (tertiary/aromatic N) is 6. The van der Waals surface area contributed by atoms with Gasteiger partial charge in [-0.05, 0) is 71.1 Å². The van der Waals surface area contributed by atoms with Gasteiger partial charge in [0.25, 0.3) is 6.43 Å². The fraction of sp³-hybridized carbons (Fsp3) is 0.571. The number of ether oxygens (including phenoxy) is 2. The number of hydrogen-bond donors (Lipinski definition) is 1. The normalized spacial score (nSPS) is 26.0. The monoisotopic (exact) mass is 684 g/mol. The summed E-state index contributed by atoms with van der Waals surface area (Å²) >= 11 is 6.70. The third-order valence-corrected chi connectivity index (χ3v) is 10.6. The topological polar surface area (TPSA) is 94.5 Å². The summed E-state index contributed by atoms with van der Waals surface area (Å²) in [4.78, 5) is 30.9. The van der Waals surface area contributed by atoms with Gasteiger partial charge in [0.15, 0.2) is 0 Å². The molecule has 1 amide bonds. The van der Waals surface area contributed by atoms with Crippen molar-refractivity contribution in [3.63, 3.8) is 0 Å². The van der Waals surface area contributed by atoms with Crippen LogP contribution in [-0.4, -0.2) is 107 Å². The number of carbonyl (C=O) groups is 1. The van der Waals surface area contributed by atoms with Gasteiger partial charge in [-0.2, -0.15) is 9.97 Å². The van der Waals surface area contributed by atoms with Crippen LogP contribution in [0.1, 0.15) is 51.3 Å². The van der Waals surface area contributed by atoms with E-state index in [2.05, 4.69) is 22.9 Å². The number of aromatic nitrogens is 2. The van der Waals surface area contributed by atoms with Crippen LogP contribution in [0.4, 0.5) is 25.1 Å². The van der Waals surface area contributed by atoms with Crippen LogP contribution in [0, 0.1) is 0 Å². The summed E-state index contributed by atoms with van der Waals surface area (Å²) in [5.74, 6) is 0.600. The van der Waals surface area contributed by atoms with Gasteiger partial charge in [0.1, 0.15) is 23.6 Å². The van der Waals surface area contributed by atoms with Gasteiger partial charge in [0.2, 0.25) is 0 Å². The molecule has 258 valence electrons. The highest BCUT2D eigenvalue weighted by molar-refractivity contribution is 6.36. The Morgan fingerprint density at radius 3 is 2.60 bits per heavy atom. The van der Waals surface area contributed by atoms with Crippen LogP contribution < -0.4 is 14.5 Å². The summed E-state index contributed by atoms with van der Waals surface area (Å²) in [5, 5.41) is 14.0. The van der Waals surface area contributed by atoms with E-state index < -0.39 is 35.8 Å². The van der Waals surface area contributed by atoms with Crippen LogP contribution in [0.25, 0.3) is 10.8 Å². The fourth-order valence-electron chi connectivity index (χ4n) is 7.86. The summed E-state index contributed by atoms with van der Waals surface area (Å²) in [7, 11) is 2.08. The molecule has 4 aliphatic heterocycles. The molecule has 13 heteroatoms. The maximum absolute atomic E-state index is 14.5. The third-order valence-electron chi connectivity index (χ3n) is 10.2. The van der Waals surface area contributed by atoms with E-state index in [4.69, 9.17) is 31.0 Å². The molecule has 0 spiro atoms. The van der Waals surface area contributed by atoms with Gasteiger partial charge in [-0.1, -0.05) is 35.9 Å². The van der Waals surface area contributed by atoms with Crippen molar-refractivity contribution in [2.45, 2.75) is 88.8 Å². The van der Waals surface area contributed by atoms with Gasteiger partial charge in [-0.3, -0.25) is 4.90 Å². The number of rotatable bonds is 6. The van der Waals surface area contributed by atoms with Crippen molar-refractivity contribution in [3.05, 3.63) is 52.7 Å². The van der Waals surface area contributed by atoms with Crippen LogP contribution in [0.5, 0.6) is 6.01 Å². The minimum absolute atomic E-state index is 0.0342. The van der Waals surface area contributed by atoms with Crippen molar-refractivity contribution in [3.8, 4) is 6.01 Å². The minimum Gasteiger partial charge on any atom is -0.462 e. The van der Waals surface area contributed by atoms with Crippen LogP contribution in [0.15, 0.2) is 36.4 Å². The van der Waals surface area contributed by atoms with E-state index in [9.17, 15) is 18.7 Å². The lowest BCUT2D eigenvalue weighted by Crippen LogP contribution is -2.62. The zero-order chi connectivity index (χ0) is 34.0. The molecule has 1 aromatic heterocycles. The standard InChI is InChI=1S/C35H43ClF2N6O4/c1-34(2,3)48-33(45)44-23-16-35(46,31(37)38)28(44)19-43(17-23)30-24-13-15-42(27-12-6-9-21-8-5-11-25(36)29(21)27)18-26(24)39-32(40-30)47-20-22-10-7-14-41(22)4/h5-6,8-9,11-12,22-23,28,31,46H,7,10,13-20H2,1-4H3/t22-,23?,28?,35?/m0/s1. The van der Waals surface area contributed by atoms with E-state index in [-0.39, 0.29) is 31.6 Å². The maximum atomic E-state index is 14.5. The largest absolute Gasteiger partial charge is 0.462 e. The van der Waals surface area contributed by atoms with Gasteiger partial charge in [-0.15, -0.1) is 0 Å². The van der Waals surface area contributed by atoms with E-state index >= 15 is 0 Å². The summed E-state index contributed by atoms with van der Waals surface area (Å²) in [6.45, 7) is 7.94. The smallest absolute Gasteiger partial charge is 0.411 e. The van der Waals surface area contributed by atoms with Crippen molar-refractivity contribution >= 4 is 40.0 Å². The van der Waals surface area contributed by atoms with E-state index in [1.165, 1.54) is 4.90 Å². The third kappa shape index (κ3) is 6.00. The highest BCUT2D eigenvalue weighted by Crippen LogP contribution is 2.44. The van der Waals surface area contributed by atoms with Crippen LogP contribution in [0.3, 0.4) is 0 Å². The molecule has 48 heavy (non-hydrogen) atoms. The highest BCUT2D eigenvalue weighted by atomic mass is 35.5. The average Bonchev–Trinajstić information content (AvgIpc) is 3.53. The zero-order valence-corrected chi connectivity index (χ0v) is 28.6. The van der Waals surface area contributed by atoms with E-state index in [1.807, 2.05) is 35.2 Å². The number of carbonyl (C=O) groups excluding carboxylic acids is 1. The first-order valence-electron chi connectivity index (χ1n) is 16.7. The molecule has 0 radical (unpaired) electrons. The summed E-state index contributed by atoms with van der Waals surface area (Å²) in [6.07, 6.45) is -1.29. The number of alkyl halides is 2. The van der Waals surface area contributed by atoms with Gasteiger partial charge in [-0.25, -0.2) is 13.6 Å². The molecule has 0 saturated carbocycles. The van der Waals surface area contributed by atoms with Crippen molar-refractivity contribution < 1.29 is 28.2 Å². The Kier molecular flexibility index (Phi) is 8.56. The second-order valence-corrected chi connectivity index (χ2v) is 15.0. The SMILES string of the molecule is CN1CCC[C@H]1COc1nc2c(c(N3CC4CC(O)(C(F)F)C(C3)N4C(=O)OC(C)(C)C)n1)CCN(c1cccc3cccc(Cl)c13)C2. The predicted octanol–water partition coefficient (Wildman–Crippen LogP) is 5.51. The Hall–Kier alpha value is -3.48. The van der Waals surface area contributed by atoms with Gasteiger partial charge < -0.3 is 29.3 Å². The molecule has 10 nitrogen and oxygen atoms in total. The van der Waals surface area contributed by atoms with Gasteiger partial charge in [0.05, 0.1) is 29.3 Å². The minimum atomic E-state index is -3.04. The van der Waals surface area contributed by atoms with Crippen molar-refractivity contribution in [2.75, 3.05) is 49.6 Å². The number of fused-ring (bicyclic) bond motifs is 4. The molecule has 4 aliphatic rings. The second-order valence-electron chi connectivity index (χ2n) is 14.6. The number of amides is 1.